The van der Waals surface area contributed by atoms with Crippen LogP contribution < -0.4 is 4.72 Å². The van der Waals surface area contributed by atoms with Crippen molar-refractivity contribution in [1.29, 1.82) is 0 Å². The molecule has 0 aliphatic rings. The van der Waals surface area contributed by atoms with Crippen molar-refractivity contribution in [2.75, 3.05) is 6.54 Å². The van der Waals surface area contributed by atoms with Gasteiger partial charge in [-0.05, 0) is 19.1 Å². The van der Waals surface area contributed by atoms with Crippen LogP contribution in [0, 0.1) is 0 Å². The van der Waals surface area contributed by atoms with Gasteiger partial charge in [-0.25, -0.2) is 17.9 Å². The van der Waals surface area contributed by atoms with E-state index < -0.39 is 28.1 Å². The van der Waals surface area contributed by atoms with Gasteiger partial charge in [0.25, 0.3) is 0 Å². The minimum atomic E-state index is -4.07. The van der Waals surface area contributed by atoms with Crippen LogP contribution in [0.5, 0.6) is 0 Å². The molecular formula is C10H11Cl2NO5S. The third-order valence-corrected chi connectivity index (χ3v) is 4.65. The summed E-state index contributed by atoms with van der Waals surface area (Å²) in [5, 5.41) is 18.0. The molecule has 3 N–H and O–H groups in total. The molecule has 19 heavy (non-hydrogen) atoms. The van der Waals surface area contributed by atoms with Crippen LogP contribution >= 0.6 is 23.2 Å². The zero-order chi connectivity index (χ0) is 14.8. The van der Waals surface area contributed by atoms with E-state index in [1.54, 1.807) is 0 Å². The van der Waals surface area contributed by atoms with Gasteiger partial charge in [0.05, 0.1) is 16.6 Å². The molecule has 0 radical (unpaired) electrons. The monoisotopic (exact) mass is 327 g/mol. The van der Waals surface area contributed by atoms with Gasteiger partial charge in [0, 0.05) is 0 Å². The Morgan fingerprint density at radius 1 is 1.42 bits per heavy atom. The molecule has 0 aliphatic carbocycles. The molecule has 9 heteroatoms. The lowest BCUT2D eigenvalue weighted by Crippen LogP contribution is -2.46. The third kappa shape index (κ3) is 3.80. The second-order valence-corrected chi connectivity index (χ2v) is 6.48. The van der Waals surface area contributed by atoms with Crippen LogP contribution in [0.2, 0.25) is 10.0 Å². The van der Waals surface area contributed by atoms with Crippen LogP contribution in [0.25, 0.3) is 0 Å². The van der Waals surface area contributed by atoms with Crippen molar-refractivity contribution in [2.24, 2.45) is 0 Å². The molecule has 0 fully saturated rings. The molecule has 0 saturated carbocycles. The van der Waals surface area contributed by atoms with Gasteiger partial charge in [-0.15, -0.1) is 0 Å². The number of carbonyl (C=O) groups is 1. The Balaban J connectivity index is 3.01. The molecule has 106 valence electrons. The molecule has 0 aliphatic heterocycles. The van der Waals surface area contributed by atoms with E-state index >= 15 is 0 Å². The Hall–Kier alpha value is -0.860. The van der Waals surface area contributed by atoms with E-state index in [0.29, 0.717) is 0 Å². The summed E-state index contributed by atoms with van der Waals surface area (Å²) in [5.74, 6) is -1.55. The minimum absolute atomic E-state index is 0.0505. The Labute approximate surface area is 120 Å². The predicted molar refractivity (Wildman–Crippen MR) is 69.9 cm³/mol. The highest BCUT2D eigenvalue weighted by molar-refractivity contribution is 7.89. The van der Waals surface area contributed by atoms with Crippen molar-refractivity contribution in [2.45, 2.75) is 17.4 Å². The van der Waals surface area contributed by atoms with Crippen LogP contribution in [-0.4, -0.2) is 36.7 Å². The van der Waals surface area contributed by atoms with E-state index in [1.807, 2.05) is 4.72 Å². The SMILES string of the molecule is CC(O)(CNS(=O)(=O)c1cccc(Cl)c1Cl)C(=O)O. The lowest BCUT2D eigenvalue weighted by molar-refractivity contribution is -0.155. The lowest BCUT2D eigenvalue weighted by atomic mass is 10.1. The number of nitrogens with one attached hydrogen (secondary N) is 1. The Morgan fingerprint density at radius 3 is 2.53 bits per heavy atom. The first-order chi connectivity index (χ1) is 8.58. The van der Waals surface area contributed by atoms with Crippen LogP contribution in [0.4, 0.5) is 0 Å². The number of carboxylic acids is 1. The molecule has 0 bridgehead atoms. The molecule has 0 saturated heterocycles. The maximum absolute atomic E-state index is 11.9. The largest absolute Gasteiger partial charge is 0.479 e. The number of rotatable bonds is 5. The molecule has 1 rings (SSSR count). The molecular weight excluding hydrogens is 317 g/mol. The smallest absolute Gasteiger partial charge is 0.336 e. The summed E-state index contributed by atoms with van der Waals surface area (Å²) in [6.45, 7) is 0.269. The summed E-state index contributed by atoms with van der Waals surface area (Å²) in [7, 11) is -4.07. The van der Waals surface area contributed by atoms with Gasteiger partial charge in [-0.2, -0.15) is 0 Å². The van der Waals surface area contributed by atoms with Crippen molar-refractivity contribution in [3.8, 4) is 0 Å². The van der Waals surface area contributed by atoms with Crippen molar-refractivity contribution in [1.82, 2.24) is 4.72 Å². The first-order valence-corrected chi connectivity index (χ1v) is 7.21. The maximum Gasteiger partial charge on any atom is 0.336 e. The molecule has 0 heterocycles. The first-order valence-electron chi connectivity index (χ1n) is 4.97. The number of hydrogen-bond donors (Lipinski definition) is 3. The Kier molecular flexibility index (Phi) is 4.81. The van der Waals surface area contributed by atoms with E-state index in [-0.39, 0.29) is 14.9 Å². The van der Waals surface area contributed by atoms with Crippen LogP contribution in [0.1, 0.15) is 6.92 Å². The van der Waals surface area contributed by atoms with E-state index in [9.17, 15) is 18.3 Å². The standard InChI is InChI=1S/C10H11Cl2NO5S/c1-10(16,9(14)15)5-13-19(17,18)7-4-2-3-6(11)8(7)12/h2-4,13,16H,5H2,1H3,(H,14,15). The quantitative estimate of drug-likeness (QED) is 0.751. The Bertz CT molecular complexity index is 600. The van der Waals surface area contributed by atoms with E-state index in [4.69, 9.17) is 28.3 Å². The van der Waals surface area contributed by atoms with Gasteiger partial charge in [0.15, 0.2) is 5.60 Å². The summed E-state index contributed by atoms with van der Waals surface area (Å²) >= 11 is 11.5. The average Bonchev–Trinajstić information content (AvgIpc) is 2.30. The summed E-state index contributed by atoms with van der Waals surface area (Å²) in [4.78, 5) is 10.4. The zero-order valence-corrected chi connectivity index (χ0v) is 12.1. The fraction of sp³-hybridized carbons (Fsp3) is 0.300. The van der Waals surface area contributed by atoms with Gasteiger partial charge < -0.3 is 10.2 Å². The molecule has 1 atom stereocenters. The summed E-state index contributed by atoms with van der Waals surface area (Å²) in [6, 6.07) is 4.01. The maximum atomic E-state index is 11.9. The highest BCUT2D eigenvalue weighted by atomic mass is 35.5. The number of aliphatic hydroxyl groups is 1. The fourth-order valence-electron chi connectivity index (χ4n) is 1.08. The number of benzene rings is 1. The lowest BCUT2D eigenvalue weighted by Gasteiger charge is -2.18. The number of hydrogen-bond acceptors (Lipinski definition) is 4. The normalized spacial score (nSPS) is 14.9. The number of halogens is 2. The van der Waals surface area contributed by atoms with Gasteiger partial charge >= 0.3 is 5.97 Å². The van der Waals surface area contributed by atoms with Crippen molar-refractivity contribution in [3.63, 3.8) is 0 Å². The molecule has 0 aromatic heterocycles. The van der Waals surface area contributed by atoms with Crippen LogP contribution in [-0.2, 0) is 14.8 Å². The second-order valence-electron chi connectivity index (χ2n) is 3.96. The topological polar surface area (TPSA) is 104 Å². The van der Waals surface area contributed by atoms with Gasteiger partial charge in [0.2, 0.25) is 10.0 Å². The summed E-state index contributed by atoms with van der Waals surface area (Å²) in [6.07, 6.45) is 0. The van der Waals surface area contributed by atoms with Gasteiger partial charge in [-0.1, -0.05) is 29.3 Å². The molecule has 1 aromatic rings. The van der Waals surface area contributed by atoms with Crippen LogP contribution in [0.15, 0.2) is 23.1 Å². The van der Waals surface area contributed by atoms with E-state index in [2.05, 4.69) is 0 Å². The predicted octanol–water partition coefficient (Wildman–Crippen LogP) is 1.11. The number of sulfonamides is 1. The second kappa shape index (κ2) is 5.64. The van der Waals surface area contributed by atoms with Crippen molar-refractivity contribution < 1.29 is 23.4 Å². The first kappa shape index (κ1) is 16.2. The number of carboxylic acid groups (broad SMARTS) is 1. The summed E-state index contributed by atoms with van der Waals surface area (Å²) < 4.78 is 25.8. The highest BCUT2D eigenvalue weighted by Gasteiger charge is 2.32. The highest BCUT2D eigenvalue weighted by Crippen LogP contribution is 2.28. The molecule has 0 amide bonds. The number of aliphatic carboxylic acids is 1. The van der Waals surface area contributed by atoms with Gasteiger partial charge in [-0.3, -0.25) is 0 Å². The fourth-order valence-corrected chi connectivity index (χ4v) is 2.97. The third-order valence-electron chi connectivity index (χ3n) is 2.27. The van der Waals surface area contributed by atoms with Crippen molar-refractivity contribution in [3.05, 3.63) is 28.2 Å². The zero-order valence-electron chi connectivity index (χ0n) is 9.72. The average molecular weight is 328 g/mol. The van der Waals surface area contributed by atoms with E-state index in [1.165, 1.54) is 18.2 Å². The minimum Gasteiger partial charge on any atom is -0.479 e. The van der Waals surface area contributed by atoms with Gasteiger partial charge in [0.1, 0.15) is 4.90 Å². The summed E-state index contributed by atoms with van der Waals surface area (Å²) in [5.41, 5.74) is -2.22. The molecule has 1 unspecified atom stereocenters. The molecule has 6 nitrogen and oxygen atoms in total. The van der Waals surface area contributed by atoms with Crippen LogP contribution in [0.3, 0.4) is 0 Å². The Morgan fingerprint density at radius 2 is 2.00 bits per heavy atom. The molecule has 0 spiro atoms. The molecule has 1 aromatic carbocycles. The van der Waals surface area contributed by atoms with Crippen molar-refractivity contribution >= 4 is 39.2 Å². The van der Waals surface area contributed by atoms with E-state index in [0.717, 1.165) is 6.92 Å².